The summed E-state index contributed by atoms with van der Waals surface area (Å²) in [4.78, 5) is 22.6. The van der Waals surface area contributed by atoms with Gasteiger partial charge in [-0.1, -0.05) is 67.2 Å². The van der Waals surface area contributed by atoms with Gasteiger partial charge >= 0.3 is 11.9 Å². The Balaban J connectivity index is 2.43. The maximum Gasteiger partial charge on any atom is 0.334 e. The molecule has 0 atom stereocenters. The highest BCUT2D eigenvalue weighted by Gasteiger charge is 2.18. The summed E-state index contributed by atoms with van der Waals surface area (Å²) >= 11 is 0. The van der Waals surface area contributed by atoms with E-state index in [0.717, 1.165) is 11.1 Å². The summed E-state index contributed by atoms with van der Waals surface area (Å²) in [5.74, 6) is -2.30. The Morgan fingerprint density at radius 2 is 1.28 bits per heavy atom. The number of aliphatic carboxylic acids is 2. The van der Waals surface area contributed by atoms with E-state index in [-0.39, 0.29) is 24.4 Å². The van der Waals surface area contributed by atoms with Crippen LogP contribution in [0.2, 0.25) is 0 Å². The maximum absolute atomic E-state index is 11.8. The first-order valence-electron chi connectivity index (χ1n) is 7.56. The lowest BCUT2D eigenvalue weighted by Gasteiger charge is -2.14. The Bertz CT molecular complexity index is 750. The zero-order valence-electron chi connectivity index (χ0n) is 13.5. The quantitative estimate of drug-likeness (QED) is 0.722. The Labute approximate surface area is 145 Å². The van der Waals surface area contributed by atoms with Gasteiger partial charge in [0.2, 0.25) is 0 Å². The molecule has 0 saturated carbocycles. The standard InChI is InChI=1S/C20H18O5/c1-14(19(21)22)12-25-13-17(20(23)24)18(15-8-4-2-5-9-15)16-10-6-3-7-11-16/h2-11H,1,12-13H2,(H,21,22)(H,23,24). The molecule has 0 bridgehead atoms. The summed E-state index contributed by atoms with van der Waals surface area (Å²) in [5.41, 5.74) is 1.94. The first-order chi connectivity index (χ1) is 12.0. The molecule has 5 nitrogen and oxygen atoms in total. The Morgan fingerprint density at radius 3 is 1.68 bits per heavy atom. The summed E-state index contributed by atoms with van der Waals surface area (Å²) in [5, 5.41) is 18.5. The summed E-state index contributed by atoms with van der Waals surface area (Å²) in [6.45, 7) is 2.89. The van der Waals surface area contributed by atoms with Crippen molar-refractivity contribution in [2.75, 3.05) is 13.2 Å². The molecule has 2 aromatic carbocycles. The molecular formula is C20H18O5. The fourth-order valence-corrected chi connectivity index (χ4v) is 2.30. The summed E-state index contributed by atoms with van der Waals surface area (Å²) in [6, 6.07) is 18.3. The second-order valence-corrected chi connectivity index (χ2v) is 5.29. The Morgan fingerprint density at radius 1 is 0.800 bits per heavy atom. The van der Waals surface area contributed by atoms with E-state index < -0.39 is 11.9 Å². The molecule has 0 amide bonds. The normalized spacial score (nSPS) is 10.1. The molecule has 0 saturated heterocycles. The van der Waals surface area contributed by atoms with Crippen molar-refractivity contribution in [3.8, 4) is 0 Å². The van der Waals surface area contributed by atoms with E-state index in [4.69, 9.17) is 9.84 Å². The van der Waals surface area contributed by atoms with Gasteiger partial charge in [0.25, 0.3) is 0 Å². The highest BCUT2D eigenvalue weighted by Crippen LogP contribution is 2.27. The van der Waals surface area contributed by atoms with Crippen molar-refractivity contribution in [2.45, 2.75) is 0 Å². The van der Waals surface area contributed by atoms with Crippen LogP contribution in [0.25, 0.3) is 5.57 Å². The lowest BCUT2D eigenvalue weighted by molar-refractivity contribution is -0.133. The first kappa shape index (κ1) is 18.2. The number of carboxylic acids is 2. The van der Waals surface area contributed by atoms with Crippen LogP contribution >= 0.6 is 0 Å². The van der Waals surface area contributed by atoms with Crippen molar-refractivity contribution in [1.82, 2.24) is 0 Å². The molecule has 0 aliphatic heterocycles. The van der Waals surface area contributed by atoms with E-state index in [0.29, 0.717) is 5.57 Å². The molecule has 5 heteroatoms. The smallest absolute Gasteiger partial charge is 0.334 e. The summed E-state index contributed by atoms with van der Waals surface area (Å²) < 4.78 is 5.29. The maximum atomic E-state index is 11.8. The molecule has 2 rings (SSSR count). The largest absolute Gasteiger partial charge is 0.478 e. The van der Waals surface area contributed by atoms with E-state index in [2.05, 4.69) is 6.58 Å². The van der Waals surface area contributed by atoms with Gasteiger partial charge in [-0.2, -0.15) is 0 Å². The number of hydrogen-bond acceptors (Lipinski definition) is 3. The molecule has 25 heavy (non-hydrogen) atoms. The van der Waals surface area contributed by atoms with Crippen molar-refractivity contribution in [1.29, 1.82) is 0 Å². The number of rotatable bonds is 8. The van der Waals surface area contributed by atoms with E-state index in [1.807, 2.05) is 60.7 Å². The number of carboxylic acid groups (broad SMARTS) is 2. The Kier molecular flexibility index (Phi) is 6.26. The van der Waals surface area contributed by atoms with Gasteiger partial charge in [-0.25, -0.2) is 9.59 Å². The predicted octanol–water partition coefficient (Wildman–Crippen LogP) is 3.23. The van der Waals surface area contributed by atoms with Crippen LogP contribution in [0.15, 0.2) is 78.4 Å². The number of ether oxygens (including phenoxy) is 1. The van der Waals surface area contributed by atoms with Crippen LogP contribution < -0.4 is 0 Å². The average Bonchev–Trinajstić information content (AvgIpc) is 2.62. The van der Waals surface area contributed by atoms with E-state index in [1.54, 1.807) is 0 Å². The van der Waals surface area contributed by atoms with Gasteiger partial charge in [-0.05, 0) is 11.1 Å². The zero-order valence-corrected chi connectivity index (χ0v) is 13.5. The molecule has 0 fully saturated rings. The van der Waals surface area contributed by atoms with Crippen molar-refractivity contribution in [2.24, 2.45) is 0 Å². The van der Waals surface area contributed by atoms with Crippen molar-refractivity contribution >= 4 is 17.5 Å². The minimum absolute atomic E-state index is 0.0515. The third kappa shape index (κ3) is 4.89. The Hall–Kier alpha value is -3.18. The third-order valence-electron chi connectivity index (χ3n) is 3.51. The lowest BCUT2D eigenvalue weighted by atomic mass is 9.93. The molecule has 0 aliphatic carbocycles. The van der Waals surface area contributed by atoms with Crippen molar-refractivity contribution < 1.29 is 24.5 Å². The van der Waals surface area contributed by atoms with Crippen molar-refractivity contribution in [3.63, 3.8) is 0 Å². The van der Waals surface area contributed by atoms with Crippen LogP contribution in [0.3, 0.4) is 0 Å². The molecule has 2 aromatic rings. The second kappa shape index (κ2) is 8.61. The van der Waals surface area contributed by atoms with Crippen LogP contribution in [-0.2, 0) is 14.3 Å². The first-order valence-corrected chi connectivity index (χ1v) is 7.56. The highest BCUT2D eigenvalue weighted by molar-refractivity contribution is 6.01. The number of benzene rings is 2. The van der Waals surface area contributed by atoms with Crippen LogP contribution in [-0.4, -0.2) is 35.4 Å². The summed E-state index contributed by atoms with van der Waals surface area (Å²) in [7, 11) is 0. The molecular weight excluding hydrogens is 320 g/mol. The highest BCUT2D eigenvalue weighted by atomic mass is 16.5. The average molecular weight is 338 g/mol. The molecule has 0 aromatic heterocycles. The number of carbonyl (C=O) groups is 2. The monoisotopic (exact) mass is 338 g/mol. The van der Waals surface area contributed by atoms with Crippen LogP contribution in [0.5, 0.6) is 0 Å². The zero-order chi connectivity index (χ0) is 18.2. The van der Waals surface area contributed by atoms with E-state index >= 15 is 0 Å². The minimum Gasteiger partial charge on any atom is -0.478 e. The van der Waals surface area contributed by atoms with Crippen molar-refractivity contribution in [3.05, 3.63) is 89.5 Å². The van der Waals surface area contributed by atoms with Gasteiger partial charge in [0, 0.05) is 5.57 Å². The predicted molar refractivity (Wildman–Crippen MR) is 94.1 cm³/mol. The molecule has 0 spiro atoms. The SMILES string of the molecule is C=C(COCC(C(=O)O)=C(c1ccccc1)c1ccccc1)C(=O)O. The molecule has 0 aliphatic rings. The van der Waals surface area contributed by atoms with E-state index in [9.17, 15) is 14.7 Å². The second-order valence-electron chi connectivity index (χ2n) is 5.29. The van der Waals surface area contributed by atoms with Gasteiger partial charge < -0.3 is 14.9 Å². The molecule has 0 heterocycles. The lowest BCUT2D eigenvalue weighted by Crippen LogP contribution is -2.14. The summed E-state index contributed by atoms with van der Waals surface area (Å²) in [6.07, 6.45) is 0. The fraction of sp³-hybridized carbons (Fsp3) is 0.100. The molecule has 0 unspecified atom stereocenters. The van der Waals surface area contributed by atoms with Gasteiger partial charge in [0.1, 0.15) is 0 Å². The number of hydrogen-bond donors (Lipinski definition) is 2. The third-order valence-corrected chi connectivity index (χ3v) is 3.51. The molecule has 2 N–H and O–H groups in total. The van der Waals surface area contributed by atoms with Crippen LogP contribution in [0, 0.1) is 0 Å². The van der Waals surface area contributed by atoms with E-state index in [1.165, 1.54) is 0 Å². The van der Waals surface area contributed by atoms with Crippen LogP contribution in [0.1, 0.15) is 11.1 Å². The topological polar surface area (TPSA) is 83.8 Å². The van der Waals surface area contributed by atoms with Crippen LogP contribution in [0.4, 0.5) is 0 Å². The molecule has 0 radical (unpaired) electrons. The fourth-order valence-electron chi connectivity index (χ4n) is 2.30. The molecule has 128 valence electrons. The van der Waals surface area contributed by atoms with Gasteiger partial charge in [-0.15, -0.1) is 0 Å². The van der Waals surface area contributed by atoms with Gasteiger partial charge in [0.05, 0.1) is 24.4 Å². The van der Waals surface area contributed by atoms with Gasteiger partial charge in [0.15, 0.2) is 0 Å². The minimum atomic E-state index is -1.17. The van der Waals surface area contributed by atoms with Gasteiger partial charge in [-0.3, -0.25) is 0 Å².